The maximum Gasteiger partial charge on any atom is 0.226 e. The third-order valence-corrected chi connectivity index (χ3v) is 4.36. The summed E-state index contributed by atoms with van der Waals surface area (Å²) in [6.45, 7) is 2.91. The summed E-state index contributed by atoms with van der Waals surface area (Å²) in [5.41, 5.74) is 5.41. The molecule has 0 aromatic heterocycles. The topological polar surface area (TPSA) is 80.5 Å². The Bertz CT molecular complexity index is 326. The first-order chi connectivity index (χ1) is 6.96. The molecule has 0 aromatic rings. The van der Waals surface area contributed by atoms with E-state index in [1.54, 1.807) is 11.8 Å². The number of nitrogens with zero attached hydrogens (tertiary/aromatic N) is 1. The van der Waals surface area contributed by atoms with Crippen LogP contribution in [0.4, 0.5) is 0 Å². The standard InChI is InChI=1S/C9H18N2O3S/c1-8(7-10)9(12)11-3-2-5-15(13,14)6-4-11/h8H,2-7,10H2,1H3. The lowest BCUT2D eigenvalue weighted by atomic mass is 10.1. The number of sulfone groups is 1. The molecule has 1 rings (SSSR count). The maximum atomic E-state index is 11.7. The largest absolute Gasteiger partial charge is 0.341 e. The van der Waals surface area contributed by atoms with E-state index < -0.39 is 9.84 Å². The number of hydrogen-bond acceptors (Lipinski definition) is 4. The van der Waals surface area contributed by atoms with Gasteiger partial charge < -0.3 is 10.6 Å². The molecule has 0 aliphatic carbocycles. The molecule has 1 atom stereocenters. The zero-order valence-corrected chi connectivity index (χ0v) is 9.79. The molecule has 0 aromatic carbocycles. The molecule has 6 heteroatoms. The Balaban J connectivity index is 2.62. The zero-order chi connectivity index (χ0) is 11.5. The van der Waals surface area contributed by atoms with Crippen molar-refractivity contribution in [3.8, 4) is 0 Å². The van der Waals surface area contributed by atoms with E-state index in [9.17, 15) is 13.2 Å². The van der Waals surface area contributed by atoms with E-state index in [-0.39, 0.29) is 23.3 Å². The van der Waals surface area contributed by atoms with Gasteiger partial charge in [0.25, 0.3) is 0 Å². The van der Waals surface area contributed by atoms with Gasteiger partial charge in [0, 0.05) is 25.6 Å². The van der Waals surface area contributed by atoms with Gasteiger partial charge in [-0.2, -0.15) is 0 Å². The SMILES string of the molecule is CC(CN)C(=O)N1CCCS(=O)(=O)CC1. The van der Waals surface area contributed by atoms with Crippen LogP contribution < -0.4 is 5.73 Å². The monoisotopic (exact) mass is 234 g/mol. The molecule has 1 amide bonds. The Morgan fingerprint density at radius 1 is 1.40 bits per heavy atom. The van der Waals surface area contributed by atoms with Crippen molar-refractivity contribution >= 4 is 15.7 Å². The Hall–Kier alpha value is -0.620. The Labute approximate surface area is 90.5 Å². The first-order valence-corrected chi connectivity index (χ1v) is 6.97. The van der Waals surface area contributed by atoms with Crippen LogP contribution >= 0.6 is 0 Å². The number of nitrogens with two attached hydrogens (primary N) is 1. The summed E-state index contributed by atoms with van der Waals surface area (Å²) in [7, 11) is -2.94. The average molecular weight is 234 g/mol. The van der Waals surface area contributed by atoms with Crippen molar-refractivity contribution in [1.29, 1.82) is 0 Å². The normalized spacial score (nSPS) is 23.2. The lowest BCUT2D eigenvalue weighted by Crippen LogP contribution is -2.39. The lowest BCUT2D eigenvalue weighted by molar-refractivity contribution is -0.134. The van der Waals surface area contributed by atoms with Crippen LogP contribution in [0.1, 0.15) is 13.3 Å². The number of carbonyl (C=O) groups is 1. The van der Waals surface area contributed by atoms with E-state index >= 15 is 0 Å². The highest BCUT2D eigenvalue weighted by Gasteiger charge is 2.24. The van der Waals surface area contributed by atoms with Crippen LogP contribution in [0.25, 0.3) is 0 Å². The van der Waals surface area contributed by atoms with Crippen molar-refractivity contribution in [2.45, 2.75) is 13.3 Å². The molecule has 88 valence electrons. The van der Waals surface area contributed by atoms with Gasteiger partial charge >= 0.3 is 0 Å². The molecular weight excluding hydrogens is 216 g/mol. The van der Waals surface area contributed by atoms with E-state index in [2.05, 4.69) is 0 Å². The molecule has 0 bridgehead atoms. The van der Waals surface area contributed by atoms with Crippen LogP contribution in [0, 0.1) is 5.92 Å². The van der Waals surface area contributed by atoms with Gasteiger partial charge in [0.1, 0.15) is 0 Å². The highest BCUT2D eigenvalue weighted by Crippen LogP contribution is 2.08. The molecule has 0 spiro atoms. The minimum absolute atomic E-state index is 0.0328. The van der Waals surface area contributed by atoms with Crippen LogP contribution in [0.15, 0.2) is 0 Å². The second kappa shape index (κ2) is 4.94. The predicted octanol–water partition coefficient (Wildman–Crippen LogP) is -0.772. The lowest BCUT2D eigenvalue weighted by Gasteiger charge is -2.22. The minimum Gasteiger partial charge on any atom is -0.341 e. The van der Waals surface area contributed by atoms with Crippen molar-refractivity contribution in [2.75, 3.05) is 31.1 Å². The minimum atomic E-state index is -2.94. The molecule has 1 unspecified atom stereocenters. The first-order valence-electron chi connectivity index (χ1n) is 5.15. The summed E-state index contributed by atoms with van der Waals surface area (Å²) < 4.78 is 22.6. The van der Waals surface area contributed by atoms with Gasteiger partial charge in [-0.25, -0.2) is 8.42 Å². The molecule has 2 N–H and O–H groups in total. The van der Waals surface area contributed by atoms with Gasteiger partial charge in [0.05, 0.1) is 11.5 Å². The molecule has 1 heterocycles. The molecule has 1 aliphatic rings. The summed E-state index contributed by atoms with van der Waals surface area (Å²) in [5.74, 6) is 0.0181. The Morgan fingerprint density at radius 3 is 2.67 bits per heavy atom. The van der Waals surface area contributed by atoms with Gasteiger partial charge in [0.15, 0.2) is 9.84 Å². The molecule has 1 aliphatic heterocycles. The van der Waals surface area contributed by atoms with Crippen molar-refractivity contribution in [2.24, 2.45) is 11.7 Å². The molecular formula is C9H18N2O3S. The summed E-state index contributed by atoms with van der Waals surface area (Å²) >= 11 is 0. The van der Waals surface area contributed by atoms with Gasteiger partial charge in [0.2, 0.25) is 5.91 Å². The van der Waals surface area contributed by atoms with E-state index in [4.69, 9.17) is 5.73 Å². The van der Waals surface area contributed by atoms with Crippen LogP contribution in [0.5, 0.6) is 0 Å². The van der Waals surface area contributed by atoms with E-state index in [0.717, 1.165) is 0 Å². The number of amides is 1. The zero-order valence-electron chi connectivity index (χ0n) is 8.98. The number of rotatable bonds is 2. The molecule has 1 saturated heterocycles. The van der Waals surface area contributed by atoms with Crippen molar-refractivity contribution in [3.05, 3.63) is 0 Å². The fourth-order valence-corrected chi connectivity index (χ4v) is 2.84. The predicted molar refractivity (Wildman–Crippen MR) is 58.1 cm³/mol. The molecule has 5 nitrogen and oxygen atoms in total. The van der Waals surface area contributed by atoms with E-state index in [1.165, 1.54) is 0 Å². The fourth-order valence-electron chi connectivity index (χ4n) is 1.57. The van der Waals surface area contributed by atoms with Gasteiger partial charge in [-0.05, 0) is 6.42 Å². The van der Waals surface area contributed by atoms with Crippen LogP contribution in [0.2, 0.25) is 0 Å². The van der Waals surface area contributed by atoms with Crippen LogP contribution in [-0.2, 0) is 14.6 Å². The Kier molecular flexibility index (Phi) is 4.10. The second-order valence-electron chi connectivity index (χ2n) is 3.97. The maximum absolute atomic E-state index is 11.7. The quantitative estimate of drug-likeness (QED) is 0.680. The summed E-state index contributed by atoms with van der Waals surface area (Å²) in [6, 6.07) is 0. The average Bonchev–Trinajstić information content (AvgIpc) is 2.37. The van der Waals surface area contributed by atoms with Crippen LogP contribution in [0.3, 0.4) is 0 Å². The van der Waals surface area contributed by atoms with Crippen molar-refractivity contribution in [3.63, 3.8) is 0 Å². The van der Waals surface area contributed by atoms with Gasteiger partial charge in [-0.3, -0.25) is 4.79 Å². The molecule has 15 heavy (non-hydrogen) atoms. The fraction of sp³-hybridized carbons (Fsp3) is 0.889. The van der Waals surface area contributed by atoms with Crippen molar-refractivity contribution < 1.29 is 13.2 Å². The molecule has 0 radical (unpaired) electrons. The third-order valence-electron chi connectivity index (χ3n) is 2.64. The summed E-state index contributed by atoms with van der Waals surface area (Å²) in [4.78, 5) is 13.4. The Morgan fingerprint density at radius 2 is 2.07 bits per heavy atom. The highest BCUT2D eigenvalue weighted by molar-refractivity contribution is 7.91. The summed E-state index contributed by atoms with van der Waals surface area (Å²) in [5, 5.41) is 0. The first kappa shape index (κ1) is 12.4. The van der Waals surface area contributed by atoms with Crippen molar-refractivity contribution in [1.82, 2.24) is 4.90 Å². The molecule has 0 saturated carbocycles. The van der Waals surface area contributed by atoms with E-state index in [0.29, 0.717) is 26.1 Å². The summed E-state index contributed by atoms with van der Waals surface area (Å²) in [6.07, 6.45) is 0.533. The van der Waals surface area contributed by atoms with Gasteiger partial charge in [-0.1, -0.05) is 6.92 Å². The third kappa shape index (κ3) is 3.46. The smallest absolute Gasteiger partial charge is 0.226 e. The van der Waals surface area contributed by atoms with E-state index in [1.807, 2.05) is 0 Å². The highest BCUT2D eigenvalue weighted by atomic mass is 32.2. The number of carbonyl (C=O) groups excluding carboxylic acids is 1. The number of hydrogen-bond donors (Lipinski definition) is 1. The van der Waals surface area contributed by atoms with Gasteiger partial charge in [-0.15, -0.1) is 0 Å². The molecule has 1 fully saturated rings. The second-order valence-corrected chi connectivity index (χ2v) is 6.27. The van der Waals surface area contributed by atoms with Crippen LogP contribution in [-0.4, -0.2) is 50.4 Å².